The SMILES string of the molecule is CC(=O)CC[C@@H](NC(=O)N[C@H](CCCCN(Cc1ccc(Br)nc1)C(=O)c1ccc(CNC(=O)CCCCNC(=O)CCC(C(=O)O)N2CCN(CC(=O)O)CCN(CC(=O)O)CCN(CC(=O)O)CC2)cc1)C(=O)O)C(=O)O. The van der Waals surface area contributed by atoms with Crippen LogP contribution in [0.4, 0.5) is 4.79 Å². The number of nitrogens with zero attached hydrogens (tertiary/aromatic N) is 6. The quantitative estimate of drug-likeness (QED) is 0.0350. The molecule has 79 heavy (non-hydrogen) atoms. The second kappa shape index (κ2) is 35.4. The van der Waals surface area contributed by atoms with Gasteiger partial charge in [0.2, 0.25) is 11.8 Å². The Labute approximate surface area is 465 Å². The van der Waals surface area contributed by atoms with E-state index >= 15 is 0 Å². The molecular formula is C51H73BrN10O17. The molecule has 1 unspecified atom stereocenters. The van der Waals surface area contributed by atoms with Gasteiger partial charge in [-0.05, 0) is 97.1 Å². The molecule has 1 aliphatic rings. The third-order valence-corrected chi connectivity index (χ3v) is 13.2. The molecule has 10 N–H and O–H groups in total. The lowest BCUT2D eigenvalue weighted by Gasteiger charge is -2.35. The lowest BCUT2D eigenvalue weighted by Crippen LogP contribution is -2.52. The monoisotopic (exact) mass is 1180 g/mol. The number of hydrogen-bond donors (Lipinski definition) is 10. The fraction of sp³-hybridized carbons (Fsp3) is 0.569. The summed E-state index contributed by atoms with van der Waals surface area (Å²) in [7, 11) is 0. The van der Waals surface area contributed by atoms with E-state index in [2.05, 4.69) is 42.2 Å². The van der Waals surface area contributed by atoms with E-state index in [0.717, 1.165) is 5.56 Å². The normalized spacial score (nSPS) is 15.2. The molecule has 0 radical (unpaired) electrons. The van der Waals surface area contributed by atoms with Crippen LogP contribution in [0.1, 0.15) is 92.6 Å². The molecule has 2 heterocycles. The van der Waals surface area contributed by atoms with E-state index in [-0.39, 0.29) is 161 Å². The molecule has 27 nitrogen and oxygen atoms in total. The minimum absolute atomic E-state index is 0.0339. The number of urea groups is 1. The van der Waals surface area contributed by atoms with Crippen molar-refractivity contribution in [3.63, 3.8) is 0 Å². The standard InChI is InChI=1S/C51H73BrN10O17/c1-34(63)8-14-39(49(75)76)57-51(79)56-38(48(73)74)6-3-5-19-62(30-36-11-16-41(52)54-29-36)47(72)37-12-9-35(10-13-37)28-55-42(64)7-2-4-18-53-43(65)17-15-40(50(77)78)61-26-24-59(32-45(68)69)22-20-58(31-44(66)67)21-23-60(25-27-61)33-46(70)71/h9-13,16,29,38-40H,2-8,14-15,17-28,30-33H2,1H3,(H,53,65)(H,55,64)(H,66,67)(H,68,69)(H,70,71)(H,73,74)(H,75,76)(H,77,78)(H2,56,57,79)/t38-,39-,40?/m1/s1. The highest BCUT2D eigenvalue weighted by Crippen LogP contribution is 2.16. The minimum atomic E-state index is -1.40. The largest absolute Gasteiger partial charge is 0.480 e. The average molecular weight is 1180 g/mol. The number of carboxylic acids is 6. The van der Waals surface area contributed by atoms with Crippen LogP contribution in [-0.4, -0.2) is 229 Å². The maximum atomic E-state index is 13.9. The van der Waals surface area contributed by atoms with Crippen molar-refractivity contribution in [3.05, 3.63) is 63.9 Å². The van der Waals surface area contributed by atoms with Crippen molar-refractivity contribution in [2.24, 2.45) is 0 Å². The van der Waals surface area contributed by atoms with E-state index in [1.807, 2.05) is 0 Å². The number of carbonyl (C=O) groups excluding carboxylic acids is 5. The van der Waals surface area contributed by atoms with Crippen LogP contribution in [0.25, 0.3) is 0 Å². The average Bonchev–Trinajstić information content (AvgIpc) is 3.37. The highest BCUT2D eigenvalue weighted by molar-refractivity contribution is 9.10. The van der Waals surface area contributed by atoms with Gasteiger partial charge in [0.05, 0.1) is 19.6 Å². The summed E-state index contributed by atoms with van der Waals surface area (Å²) in [4.78, 5) is 146. The Morgan fingerprint density at radius 2 is 1.10 bits per heavy atom. The van der Waals surface area contributed by atoms with Gasteiger partial charge in [-0.25, -0.2) is 19.4 Å². The van der Waals surface area contributed by atoms with E-state index in [9.17, 15) is 83.4 Å². The molecule has 3 atom stereocenters. The van der Waals surface area contributed by atoms with E-state index in [1.165, 1.54) is 6.92 Å². The number of ketones is 1. The fourth-order valence-electron chi connectivity index (χ4n) is 8.45. The van der Waals surface area contributed by atoms with E-state index in [1.54, 1.807) is 67.1 Å². The van der Waals surface area contributed by atoms with Crippen molar-refractivity contribution < 1.29 is 83.4 Å². The van der Waals surface area contributed by atoms with E-state index < -0.39 is 65.9 Å². The van der Waals surface area contributed by atoms with Gasteiger partial charge in [-0.3, -0.25) is 53.2 Å². The van der Waals surface area contributed by atoms with Crippen LogP contribution in [0.15, 0.2) is 47.2 Å². The zero-order valence-electron chi connectivity index (χ0n) is 44.2. The molecule has 1 fully saturated rings. The van der Waals surface area contributed by atoms with Crippen LogP contribution < -0.4 is 21.3 Å². The number of Topliss-reactive ketones (excluding diaryl/α,β-unsaturated/α-hetero) is 1. The molecule has 28 heteroatoms. The molecule has 3 rings (SSSR count). The molecule has 0 spiro atoms. The molecule has 5 amide bonds. The Kier molecular flexibility index (Phi) is 29.6. The summed E-state index contributed by atoms with van der Waals surface area (Å²) in [6.07, 6.45) is 2.64. The predicted molar refractivity (Wildman–Crippen MR) is 285 cm³/mol. The summed E-state index contributed by atoms with van der Waals surface area (Å²) in [6.45, 7) is 1.98. The van der Waals surface area contributed by atoms with Gasteiger partial charge in [0.1, 0.15) is 28.5 Å². The Bertz CT molecular complexity index is 2350. The third-order valence-electron chi connectivity index (χ3n) is 12.8. The van der Waals surface area contributed by atoms with Crippen LogP contribution in [0.2, 0.25) is 0 Å². The summed E-state index contributed by atoms with van der Waals surface area (Å²) in [5.41, 5.74) is 1.77. The smallest absolute Gasteiger partial charge is 0.326 e. The van der Waals surface area contributed by atoms with E-state index in [4.69, 9.17) is 0 Å². The lowest BCUT2D eigenvalue weighted by molar-refractivity contribution is -0.145. The molecule has 1 saturated heterocycles. The number of carbonyl (C=O) groups is 11. The van der Waals surface area contributed by atoms with Crippen molar-refractivity contribution in [2.75, 3.05) is 85.1 Å². The second-order valence-electron chi connectivity index (χ2n) is 19.1. The fourth-order valence-corrected chi connectivity index (χ4v) is 8.69. The summed E-state index contributed by atoms with van der Waals surface area (Å²) < 4.78 is 0.593. The molecule has 1 aromatic carbocycles. The van der Waals surface area contributed by atoms with Crippen LogP contribution in [0.3, 0.4) is 0 Å². The maximum absolute atomic E-state index is 13.9. The number of carboxylic acid groups (broad SMARTS) is 6. The molecule has 0 aliphatic carbocycles. The molecular weight excluding hydrogens is 1100 g/mol. The van der Waals surface area contributed by atoms with Gasteiger partial charge in [0.25, 0.3) is 5.91 Å². The molecule has 1 aromatic heterocycles. The van der Waals surface area contributed by atoms with Gasteiger partial charge < -0.3 is 61.6 Å². The van der Waals surface area contributed by atoms with Crippen molar-refractivity contribution in [1.29, 1.82) is 0 Å². The van der Waals surface area contributed by atoms with Crippen molar-refractivity contribution in [2.45, 2.75) is 102 Å². The summed E-state index contributed by atoms with van der Waals surface area (Å²) in [5, 5.41) is 67.9. The number of halogens is 1. The Balaban J connectivity index is 1.49. The Hall–Kier alpha value is -7.14. The molecule has 2 aromatic rings. The Morgan fingerprint density at radius 1 is 0.582 bits per heavy atom. The number of unbranched alkanes of at least 4 members (excludes halogenated alkanes) is 2. The van der Waals surface area contributed by atoms with Crippen LogP contribution >= 0.6 is 15.9 Å². The molecule has 0 bridgehead atoms. The number of nitrogens with one attached hydrogen (secondary N) is 4. The molecule has 1 aliphatic heterocycles. The van der Waals surface area contributed by atoms with Gasteiger partial charge in [-0.15, -0.1) is 0 Å². The predicted octanol–water partition coefficient (Wildman–Crippen LogP) is 0.843. The maximum Gasteiger partial charge on any atom is 0.326 e. The minimum Gasteiger partial charge on any atom is -0.480 e. The van der Waals surface area contributed by atoms with Crippen LogP contribution in [0.5, 0.6) is 0 Å². The number of aliphatic carboxylic acids is 6. The number of aromatic nitrogens is 1. The third kappa shape index (κ3) is 27.3. The van der Waals surface area contributed by atoms with Crippen LogP contribution in [0, 0.1) is 0 Å². The molecule has 436 valence electrons. The van der Waals surface area contributed by atoms with Crippen molar-refractivity contribution in [1.82, 2.24) is 50.8 Å². The van der Waals surface area contributed by atoms with Crippen molar-refractivity contribution >= 4 is 81.3 Å². The van der Waals surface area contributed by atoms with Gasteiger partial charge in [-0.2, -0.15) is 0 Å². The summed E-state index contributed by atoms with van der Waals surface area (Å²) in [6, 6.07) is 5.20. The van der Waals surface area contributed by atoms with Gasteiger partial charge in [0, 0.05) is 110 Å². The number of amides is 5. The number of rotatable bonds is 33. The first-order chi connectivity index (χ1) is 37.5. The number of pyridine rings is 1. The topological polar surface area (TPSA) is 386 Å². The number of benzene rings is 1. The van der Waals surface area contributed by atoms with E-state index in [0.29, 0.717) is 35.0 Å². The Morgan fingerprint density at radius 3 is 1.59 bits per heavy atom. The zero-order chi connectivity index (χ0) is 58.4. The summed E-state index contributed by atoms with van der Waals surface area (Å²) in [5.74, 6) is -8.56. The van der Waals surface area contributed by atoms with Gasteiger partial charge >= 0.3 is 41.8 Å². The highest BCUT2D eigenvalue weighted by Gasteiger charge is 2.29. The second-order valence-corrected chi connectivity index (χ2v) is 19.9. The lowest BCUT2D eigenvalue weighted by atomic mass is 10.1. The first-order valence-corrected chi connectivity index (χ1v) is 26.6. The first kappa shape index (κ1) is 66.1. The van der Waals surface area contributed by atoms with Gasteiger partial charge in [0.15, 0.2) is 0 Å². The molecule has 0 saturated carbocycles. The highest BCUT2D eigenvalue weighted by atomic mass is 79.9. The van der Waals surface area contributed by atoms with Gasteiger partial charge in [-0.1, -0.05) is 18.2 Å². The zero-order valence-corrected chi connectivity index (χ0v) is 45.8. The summed E-state index contributed by atoms with van der Waals surface area (Å²) >= 11 is 3.30. The van der Waals surface area contributed by atoms with Crippen LogP contribution in [-0.2, 0) is 56.2 Å². The number of hydrogen-bond acceptors (Lipinski definition) is 16. The van der Waals surface area contributed by atoms with Crippen molar-refractivity contribution in [3.8, 4) is 0 Å². The first-order valence-electron chi connectivity index (χ1n) is 25.8.